The molecule has 1 amide bonds. The van der Waals surface area contributed by atoms with Crippen molar-refractivity contribution in [3.63, 3.8) is 0 Å². The minimum absolute atomic E-state index is 0.245. The number of rotatable bonds is 1. The summed E-state index contributed by atoms with van der Waals surface area (Å²) in [4.78, 5) is 10.8. The minimum Gasteiger partial charge on any atom is -0.368 e. The van der Waals surface area contributed by atoms with Crippen LogP contribution in [0.2, 0.25) is 0 Å². The van der Waals surface area contributed by atoms with Gasteiger partial charge in [-0.3, -0.25) is 4.79 Å². The largest absolute Gasteiger partial charge is 0.368 e. The van der Waals surface area contributed by atoms with Gasteiger partial charge < -0.3 is 5.73 Å². The third-order valence-corrected chi connectivity index (χ3v) is 2.98. The van der Waals surface area contributed by atoms with Crippen molar-refractivity contribution < 1.29 is 4.79 Å². The molecule has 0 radical (unpaired) electrons. The zero-order valence-electron chi connectivity index (χ0n) is 6.75. The number of carbonyl (C=O) groups is 1. The minimum atomic E-state index is -0.323. The van der Waals surface area contributed by atoms with E-state index in [1.165, 1.54) is 4.42 Å². The molecule has 64 valence electrons. The van der Waals surface area contributed by atoms with Crippen LogP contribution in [0.25, 0.3) is 0 Å². The van der Waals surface area contributed by atoms with Crippen molar-refractivity contribution in [1.82, 2.24) is 4.42 Å². The lowest BCUT2D eigenvalue weighted by Gasteiger charge is -2.17. The van der Waals surface area contributed by atoms with Gasteiger partial charge in [0, 0.05) is 6.04 Å². The van der Waals surface area contributed by atoms with Crippen molar-refractivity contribution in [2.45, 2.75) is 32.4 Å². The smallest absolute Gasteiger partial charge is 0.236 e. The van der Waals surface area contributed by atoms with Crippen molar-refractivity contribution in [3.05, 3.63) is 0 Å². The van der Waals surface area contributed by atoms with Gasteiger partial charge in [-0.2, -0.15) is 0 Å². The van der Waals surface area contributed by atoms with E-state index in [1.54, 1.807) is 0 Å². The van der Waals surface area contributed by atoms with Crippen molar-refractivity contribution in [3.8, 4) is 0 Å². The lowest BCUT2D eigenvalue weighted by Crippen LogP contribution is -2.37. The highest BCUT2D eigenvalue weighted by Gasteiger charge is 2.38. The van der Waals surface area contributed by atoms with Crippen LogP contribution in [-0.2, 0) is 4.79 Å². The fourth-order valence-electron chi connectivity index (χ4n) is 1.41. The summed E-state index contributed by atoms with van der Waals surface area (Å²) >= 11 is 5.85. The second-order valence-electron chi connectivity index (χ2n) is 3.22. The van der Waals surface area contributed by atoms with Gasteiger partial charge in [0.25, 0.3) is 0 Å². The Balaban J connectivity index is 2.67. The maximum atomic E-state index is 10.8. The first-order chi connectivity index (χ1) is 5.04. The van der Waals surface area contributed by atoms with E-state index >= 15 is 0 Å². The summed E-state index contributed by atoms with van der Waals surface area (Å²) in [5.41, 5.74) is 5.15. The van der Waals surface area contributed by atoms with Crippen LogP contribution in [0.15, 0.2) is 0 Å². The molecule has 0 saturated carbocycles. The highest BCUT2D eigenvalue weighted by atomic mass is 35.5. The van der Waals surface area contributed by atoms with Gasteiger partial charge in [-0.05, 0) is 31.0 Å². The normalized spacial score (nSPS) is 39.4. The van der Waals surface area contributed by atoms with Crippen LogP contribution in [0, 0.1) is 5.92 Å². The summed E-state index contributed by atoms with van der Waals surface area (Å²) < 4.78 is 1.53. The summed E-state index contributed by atoms with van der Waals surface area (Å²) in [6.45, 7) is 4.07. The molecule has 0 bridgehead atoms. The molecular formula is C7H13ClN2O. The number of amides is 1. The van der Waals surface area contributed by atoms with E-state index in [4.69, 9.17) is 17.5 Å². The van der Waals surface area contributed by atoms with E-state index in [9.17, 15) is 4.79 Å². The number of hydrogen-bond acceptors (Lipinski definition) is 2. The molecule has 0 aromatic heterocycles. The lowest BCUT2D eigenvalue weighted by molar-refractivity contribution is -0.121. The van der Waals surface area contributed by atoms with Crippen molar-refractivity contribution in [2.75, 3.05) is 0 Å². The van der Waals surface area contributed by atoms with Gasteiger partial charge in [-0.25, -0.2) is 4.42 Å². The fraction of sp³-hybridized carbons (Fsp3) is 0.857. The first kappa shape index (κ1) is 8.81. The molecule has 1 rings (SSSR count). The second kappa shape index (κ2) is 2.99. The molecule has 1 unspecified atom stereocenters. The zero-order valence-corrected chi connectivity index (χ0v) is 7.51. The summed E-state index contributed by atoms with van der Waals surface area (Å²) in [6.07, 6.45) is 0.778. The van der Waals surface area contributed by atoms with Crippen LogP contribution in [0.3, 0.4) is 0 Å². The summed E-state index contributed by atoms with van der Waals surface area (Å²) in [6, 6.07) is -0.0316. The number of halogens is 1. The summed E-state index contributed by atoms with van der Waals surface area (Å²) in [5, 5.41) is 0. The van der Waals surface area contributed by atoms with Crippen LogP contribution in [0.4, 0.5) is 0 Å². The van der Waals surface area contributed by atoms with E-state index < -0.39 is 0 Å². The Labute approximate surface area is 71.6 Å². The highest BCUT2D eigenvalue weighted by molar-refractivity contribution is 6.15. The average Bonchev–Trinajstić information content (AvgIpc) is 2.17. The number of hydrogen-bond donors (Lipinski definition) is 1. The molecule has 2 N–H and O–H groups in total. The molecule has 4 heteroatoms. The third-order valence-electron chi connectivity index (χ3n) is 2.43. The van der Waals surface area contributed by atoms with Crippen molar-refractivity contribution in [1.29, 1.82) is 0 Å². The Morgan fingerprint density at radius 1 is 1.64 bits per heavy atom. The van der Waals surface area contributed by atoms with E-state index in [2.05, 4.69) is 6.92 Å². The van der Waals surface area contributed by atoms with Gasteiger partial charge in [0.05, 0.1) is 0 Å². The molecule has 0 aromatic rings. The van der Waals surface area contributed by atoms with E-state index in [-0.39, 0.29) is 18.0 Å². The number of nitrogens with zero attached hydrogens (tertiary/aromatic N) is 1. The number of primary amides is 1. The molecule has 1 aliphatic heterocycles. The summed E-state index contributed by atoms with van der Waals surface area (Å²) in [7, 11) is 0. The van der Waals surface area contributed by atoms with Gasteiger partial charge in [0.2, 0.25) is 5.91 Å². The predicted octanol–water partition coefficient (Wildman–Crippen LogP) is 0.724. The third kappa shape index (κ3) is 1.49. The SMILES string of the molecule is C[C@H]1CC(C(N)=O)N(Cl)[C@H]1C. The van der Waals surface area contributed by atoms with Gasteiger partial charge in [0.15, 0.2) is 0 Å². The molecule has 1 fully saturated rings. The molecule has 0 aliphatic carbocycles. The Morgan fingerprint density at radius 3 is 2.36 bits per heavy atom. The molecule has 3 atom stereocenters. The van der Waals surface area contributed by atoms with Gasteiger partial charge in [0.1, 0.15) is 6.04 Å². The maximum Gasteiger partial charge on any atom is 0.236 e. The average molecular weight is 177 g/mol. The Hall–Kier alpha value is -0.280. The predicted molar refractivity (Wildman–Crippen MR) is 43.9 cm³/mol. The van der Waals surface area contributed by atoms with Crippen LogP contribution >= 0.6 is 11.8 Å². The molecule has 0 spiro atoms. The van der Waals surface area contributed by atoms with Gasteiger partial charge >= 0.3 is 0 Å². The molecule has 11 heavy (non-hydrogen) atoms. The molecule has 1 saturated heterocycles. The zero-order chi connectivity index (χ0) is 8.59. The summed E-state index contributed by atoms with van der Waals surface area (Å²) in [5.74, 6) is 0.126. The number of nitrogens with two attached hydrogens (primary N) is 1. The number of carbonyl (C=O) groups excluding carboxylic acids is 1. The molecular weight excluding hydrogens is 164 g/mol. The molecule has 3 nitrogen and oxygen atoms in total. The topological polar surface area (TPSA) is 46.3 Å². The first-order valence-electron chi connectivity index (χ1n) is 3.77. The maximum absolute atomic E-state index is 10.8. The lowest BCUT2D eigenvalue weighted by atomic mass is 10.0. The van der Waals surface area contributed by atoms with Crippen molar-refractivity contribution in [2.24, 2.45) is 11.7 Å². The Bertz CT molecular complexity index is 174. The Kier molecular flexibility index (Phi) is 2.40. The first-order valence-corrected chi connectivity index (χ1v) is 4.11. The van der Waals surface area contributed by atoms with Crippen molar-refractivity contribution >= 4 is 17.7 Å². The highest BCUT2D eigenvalue weighted by Crippen LogP contribution is 2.30. The van der Waals surface area contributed by atoms with E-state index in [0.29, 0.717) is 5.92 Å². The van der Waals surface area contributed by atoms with Crippen LogP contribution in [0.5, 0.6) is 0 Å². The van der Waals surface area contributed by atoms with Gasteiger partial charge in [-0.1, -0.05) is 6.92 Å². The van der Waals surface area contributed by atoms with Crippen LogP contribution in [-0.4, -0.2) is 22.4 Å². The quantitative estimate of drug-likeness (QED) is 0.599. The van der Waals surface area contributed by atoms with E-state index in [0.717, 1.165) is 6.42 Å². The monoisotopic (exact) mass is 176 g/mol. The fourth-order valence-corrected chi connectivity index (χ4v) is 1.78. The van der Waals surface area contributed by atoms with Crippen LogP contribution in [0.1, 0.15) is 20.3 Å². The van der Waals surface area contributed by atoms with Crippen LogP contribution < -0.4 is 5.73 Å². The Morgan fingerprint density at radius 2 is 2.18 bits per heavy atom. The molecule has 1 heterocycles. The van der Waals surface area contributed by atoms with E-state index in [1.807, 2.05) is 6.92 Å². The standard InChI is InChI=1S/C7H13ClN2O/c1-4-3-6(7(9)11)10(8)5(4)2/h4-6H,3H2,1-2H3,(H2,9,11)/t4-,5-,6?/m0/s1. The van der Waals surface area contributed by atoms with Gasteiger partial charge in [-0.15, -0.1) is 0 Å². The molecule has 0 aromatic carbocycles. The second-order valence-corrected chi connectivity index (χ2v) is 3.61. The molecule has 1 aliphatic rings.